The normalized spacial score (nSPS) is 12.3. The van der Waals surface area contributed by atoms with Gasteiger partial charge < -0.3 is 9.30 Å². The van der Waals surface area contributed by atoms with E-state index in [0.717, 1.165) is 16.5 Å². The van der Waals surface area contributed by atoms with Crippen LogP contribution in [0.15, 0.2) is 30.5 Å². The SMILES string of the molecule is CCOC(=O)C(Cc1cn(C)c2ccccc12)[N+](=O)[O-]. The Morgan fingerprint density at radius 1 is 1.45 bits per heavy atom. The van der Waals surface area contributed by atoms with E-state index < -0.39 is 16.9 Å². The molecule has 1 atom stereocenters. The zero-order valence-corrected chi connectivity index (χ0v) is 11.4. The number of aromatic nitrogens is 1. The van der Waals surface area contributed by atoms with E-state index in [1.807, 2.05) is 42.1 Å². The number of para-hydroxylation sites is 1. The summed E-state index contributed by atoms with van der Waals surface area (Å²) in [6.07, 6.45) is 1.85. The molecule has 1 aromatic heterocycles. The second-order valence-electron chi connectivity index (χ2n) is 4.54. The third kappa shape index (κ3) is 2.64. The molecule has 6 heteroatoms. The molecule has 0 saturated carbocycles. The molecular weight excluding hydrogens is 260 g/mol. The summed E-state index contributed by atoms with van der Waals surface area (Å²) in [5, 5.41) is 12.0. The fourth-order valence-corrected chi connectivity index (χ4v) is 2.28. The number of ether oxygens (including phenoxy) is 1. The Balaban J connectivity index is 2.34. The molecule has 0 N–H and O–H groups in total. The van der Waals surface area contributed by atoms with Crippen LogP contribution in [0.4, 0.5) is 0 Å². The second kappa shape index (κ2) is 5.73. The Bertz CT molecular complexity index is 648. The molecule has 20 heavy (non-hydrogen) atoms. The number of aryl methyl sites for hydroxylation is 1. The molecule has 2 aromatic rings. The van der Waals surface area contributed by atoms with Gasteiger partial charge in [-0.25, -0.2) is 4.79 Å². The van der Waals surface area contributed by atoms with Crippen molar-refractivity contribution in [3.05, 3.63) is 46.1 Å². The summed E-state index contributed by atoms with van der Waals surface area (Å²) in [5.41, 5.74) is 1.76. The number of carbonyl (C=O) groups excluding carboxylic acids is 1. The minimum atomic E-state index is -1.36. The van der Waals surface area contributed by atoms with Crippen LogP contribution >= 0.6 is 0 Å². The fraction of sp³-hybridized carbons (Fsp3) is 0.357. The molecule has 1 unspecified atom stereocenters. The van der Waals surface area contributed by atoms with Crippen LogP contribution < -0.4 is 0 Å². The fourth-order valence-electron chi connectivity index (χ4n) is 2.28. The van der Waals surface area contributed by atoms with Crippen LogP contribution in [0.2, 0.25) is 0 Å². The van der Waals surface area contributed by atoms with Gasteiger partial charge in [0.1, 0.15) is 0 Å². The predicted molar refractivity (Wildman–Crippen MR) is 74.0 cm³/mol. The highest BCUT2D eigenvalue weighted by atomic mass is 16.6. The summed E-state index contributed by atoms with van der Waals surface area (Å²) in [5.74, 6) is -0.787. The first-order valence-corrected chi connectivity index (χ1v) is 6.37. The number of benzene rings is 1. The molecule has 0 radical (unpaired) electrons. The first-order valence-electron chi connectivity index (χ1n) is 6.37. The Morgan fingerprint density at radius 2 is 2.15 bits per heavy atom. The Hall–Kier alpha value is -2.37. The van der Waals surface area contributed by atoms with Crippen LogP contribution in [0, 0.1) is 10.1 Å². The number of esters is 1. The van der Waals surface area contributed by atoms with Crippen molar-refractivity contribution in [2.75, 3.05) is 6.61 Å². The van der Waals surface area contributed by atoms with E-state index in [-0.39, 0.29) is 13.0 Å². The monoisotopic (exact) mass is 276 g/mol. The van der Waals surface area contributed by atoms with E-state index in [0.29, 0.717) is 0 Å². The number of nitrogens with zero attached hydrogens (tertiary/aromatic N) is 2. The number of hydrogen-bond donors (Lipinski definition) is 0. The molecule has 1 heterocycles. The van der Waals surface area contributed by atoms with Gasteiger partial charge in [-0.3, -0.25) is 10.1 Å². The van der Waals surface area contributed by atoms with E-state index in [1.165, 1.54) is 0 Å². The molecule has 0 aliphatic carbocycles. The molecule has 0 bridgehead atoms. The molecule has 0 aliphatic rings. The zero-order valence-electron chi connectivity index (χ0n) is 11.4. The van der Waals surface area contributed by atoms with E-state index in [2.05, 4.69) is 0 Å². The summed E-state index contributed by atoms with van der Waals surface area (Å²) in [6, 6.07) is 6.25. The molecular formula is C14H16N2O4. The molecule has 0 fully saturated rings. The van der Waals surface area contributed by atoms with E-state index in [4.69, 9.17) is 4.74 Å². The van der Waals surface area contributed by atoms with Gasteiger partial charge in [-0.1, -0.05) is 18.2 Å². The maximum atomic E-state index is 11.7. The van der Waals surface area contributed by atoms with Crippen LogP contribution in [0.5, 0.6) is 0 Å². The Morgan fingerprint density at radius 3 is 2.80 bits per heavy atom. The summed E-state index contributed by atoms with van der Waals surface area (Å²) in [6.45, 7) is 1.77. The van der Waals surface area contributed by atoms with Crippen molar-refractivity contribution in [2.45, 2.75) is 19.4 Å². The smallest absolute Gasteiger partial charge is 0.382 e. The van der Waals surface area contributed by atoms with Crippen molar-refractivity contribution in [3.8, 4) is 0 Å². The third-order valence-electron chi connectivity index (χ3n) is 3.21. The minimum Gasteiger partial charge on any atom is -0.461 e. The molecule has 6 nitrogen and oxygen atoms in total. The van der Waals surface area contributed by atoms with Gasteiger partial charge in [-0.15, -0.1) is 0 Å². The van der Waals surface area contributed by atoms with Crippen LogP contribution in [0.25, 0.3) is 10.9 Å². The lowest BCUT2D eigenvalue weighted by atomic mass is 10.1. The summed E-state index contributed by atoms with van der Waals surface area (Å²) in [4.78, 5) is 22.1. The van der Waals surface area contributed by atoms with Gasteiger partial charge in [0.15, 0.2) is 0 Å². The Labute approximate surface area is 116 Å². The van der Waals surface area contributed by atoms with Crippen molar-refractivity contribution in [1.29, 1.82) is 0 Å². The van der Waals surface area contributed by atoms with Crippen molar-refractivity contribution >= 4 is 16.9 Å². The number of rotatable bonds is 5. The van der Waals surface area contributed by atoms with Crippen LogP contribution in [0.3, 0.4) is 0 Å². The van der Waals surface area contributed by atoms with Crippen molar-refractivity contribution in [3.63, 3.8) is 0 Å². The van der Waals surface area contributed by atoms with E-state index in [1.54, 1.807) is 6.92 Å². The van der Waals surface area contributed by atoms with E-state index in [9.17, 15) is 14.9 Å². The minimum absolute atomic E-state index is 0.0349. The number of fused-ring (bicyclic) bond motifs is 1. The van der Waals surface area contributed by atoms with Gasteiger partial charge in [0.25, 0.3) is 0 Å². The van der Waals surface area contributed by atoms with Gasteiger partial charge in [0.05, 0.1) is 13.0 Å². The lowest BCUT2D eigenvalue weighted by Gasteiger charge is -2.07. The average molecular weight is 276 g/mol. The summed E-state index contributed by atoms with van der Waals surface area (Å²) >= 11 is 0. The molecule has 106 valence electrons. The lowest BCUT2D eigenvalue weighted by Crippen LogP contribution is -2.33. The highest BCUT2D eigenvalue weighted by Crippen LogP contribution is 2.22. The molecule has 0 saturated heterocycles. The van der Waals surface area contributed by atoms with Gasteiger partial charge >= 0.3 is 12.0 Å². The average Bonchev–Trinajstić information content (AvgIpc) is 2.73. The maximum absolute atomic E-state index is 11.7. The van der Waals surface area contributed by atoms with Crippen molar-refractivity contribution in [1.82, 2.24) is 4.57 Å². The molecule has 2 rings (SSSR count). The van der Waals surface area contributed by atoms with Gasteiger partial charge in [-0.2, -0.15) is 0 Å². The topological polar surface area (TPSA) is 74.4 Å². The van der Waals surface area contributed by atoms with E-state index >= 15 is 0 Å². The Kier molecular flexibility index (Phi) is 4.02. The summed E-state index contributed by atoms with van der Waals surface area (Å²) < 4.78 is 6.66. The quantitative estimate of drug-likeness (QED) is 0.475. The number of nitro groups is 1. The molecule has 0 amide bonds. The van der Waals surface area contributed by atoms with Crippen molar-refractivity contribution < 1.29 is 14.5 Å². The molecule has 0 spiro atoms. The van der Waals surface area contributed by atoms with Gasteiger partial charge in [0.2, 0.25) is 0 Å². The first-order chi connectivity index (χ1) is 9.54. The number of carbonyl (C=O) groups is 1. The first kappa shape index (κ1) is 14.0. The zero-order chi connectivity index (χ0) is 14.7. The van der Waals surface area contributed by atoms with Crippen LogP contribution in [-0.2, 0) is 23.0 Å². The van der Waals surface area contributed by atoms with Gasteiger partial charge in [0, 0.05) is 29.1 Å². The molecule has 1 aromatic carbocycles. The van der Waals surface area contributed by atoms with Crippen LogP contribution in [0.1, 0.15) is 12.5 Å². The number of hydrogen-bond acceptors (Lipinski definition) is 4. The highest BCUT2D eigenvalue weighted by Gasteiger charge is 2.32. The van der Waals surface area contributed by atoms with Crippen molar-refractivity contribution in [2.24, 2.45) is 7.05 Å². The maximum Gasteiger partial charge on any atom is 0.382 e. The predicted octanol–water partition coefficient (Wildman–Crippen LogP) is 1.93. The standard InChI is InChI=1S/C14H16N2O4/c1-3-20-14(17)13(16(18)19)8-10-9-15(2)12-7-5-4-6-11(10)12/h4-7,9,13H,3,8H2,1-2H3. The third-order valence-corrected chi connectivity index (χ3v) is 3.21. The molecule has 0 aliphatic heterocycles. The second-order valence-corrected chi connectivity index (χ2v) is 4.54. The largest absolute Gasteiger partial charge is 0.461 e. The van der Waals surface area contributed by atoms with Crippen LogP contribution in [-0.4, -0.2) is 28.1 Å². The van der Waals surface area contributed by atoms with Gasteiger partial charge in [-0.05, 0) is 18.6 Å². The highest BCUT2D eigenvalue weighted by molar-refractivity contribution is 5.85. The lowest BCUT2D eigenvalue weighted by molar-refractivity contribution is -0.510. The summed E-state index contributed by atoms with van der Waals surface area (Å²) in [7, 11) is 1.87.